The maximum Gasteiger partial charge on any atom is 0.317 e. The summed E-state index contributed by atoms with van der Waals surface area (Å²) in [5.74, 6) is 0.291. The summed E-state index contributed by atoms with van der Waals surface area (Å²) < 4.78 is 0. The van der Waals surface area contributed by atoms with E-state index in [2.05, 4.69) is 15.5 Å². The highest BCUT2D eigenvalue weighted by atomic mass is 16.2. The van der Waals surface area contributed by atoms with Crippen LogP contribution in [0.1, 0.15) is 57.8 Å². The van der Waals surface area contributed by atoms with Crippen molar-refractivity contribution >= 4 is 11.9 Å². The van der Waals surface area contributed by atoms with Gasteiger partial charge in [-0.25, -0.2) is 4.79 Å². The van der Waals surface area contributed by atoms with Crippen LogP contribution in [0.2, 0.25) is 0 Å². The van der Waals surface area contributed by atoms with Crippen molar-refractivity contribution < 1.29 is 9.59 Å². The van der Waals surface area contributed by atoms with Crippen LogP contribution < -0.4 is 10.6 Å². The topological polar surface area (TPSA) is 64.7 Å². The van der Waals surface area contributed by atoms with Gasteiger partial charge < -0.3 is 20.4 Å². The van der Waals surface area contributed by atoms with Crippen molar-refractivity contribution in [3.8, 4) is 0 Å². The largest absolute Gasteiger partial charge is 0.335 e. The normalized spacial score (nSPS) is 33.4. The van der Waals surface area contributed by atoms with E-state index in [1.54, 1.807) is 0 Å². The number of nitrogens with one attached hydrogen (secondary N) is 2. The fraction of sp³-hybridized carbons (Fsp3) is 0.895. The lowest BCUT2D eigenvalue weighted by atomic mass is 9.95. The van der Waals surface area contributed by atoms with Crippen LogP contribution in [0.15, 0.2) is 0 Å². The molecule has 6 heteroatoms. The van der Waals surface area contributed by atoms with Crippen LogP contribution in [0.4, 0.5) is 4.79 Å². The summed E-state index contributed by atoms with van der Waals surface area (Å²) in [6.45, 7) is 3.34. The minimum absolute atomic E-state index is 0.00993. The molecule has 3 unspecified atom stereocenters. The Hall–Kier alpha value is -1.30. The van der Waals surface area contributed by atoms with Gasteiger partial charge in [-0.2, -0.15) is 0 Å². The first kappa shape index (κ1) is 17.1. The zero-order valence-electron chi connectivity index (χ0n) is 15.2. The molecule has 0 radical (unpaired) electrons. The van der Waals surface area contributed by atoms with Crippen molar-refractivity contribution in [3.05, 3.63) is 0 Å². The maximum absolute atomic E-state index is 13.2. The van der Waals surface area contributed by atoms with E-state index in [0.717, 1.165) is 64.6 Å². The van der Waals surface area contributed by atoms with Crippen LogP contribution in [0.5, 0.6) is 0 Å². The van der Waals surface area contributed by atoms with E-state index in [1.165, 1.54) is 12.8 Å². The van der Waals surface area contributed by atoms with Crippen molar-refractivity contribution in [2.24, 2.45) is 5.92 Å². The van der Waals surface area contributed by atoms with Crippen LogP contribution in [0, 0.1) is 5.92 Å². The van der Waals surface area contributed by atoms with E-state index in [1.807, 2.05) is 4.90 Å². The van der Waals surface area contributed by atoms with Gasteiger partial charge in [0.25, 0.3) is 0 Å². The Morgan fingerprint density at radius 2 is 1.72 bits per heavy atom. The summed E-state index contributed by atoms with van der Waals surface area (Å²) in [6.07, 6.45) is 9.86. The molecule has 1 saturated carbocycles. The smallest absolute Gasteiger partial charge is 0.317 e. The van der Waals surface area contributed by atoms with Crippen LogP contribution in [0.3, 0.4) is 0 Å². The fourth-order valence-corrected chi connectivity index (χ4v) is 5.25. The van der Waals surface area contributed by atoms with Crippen molar-refractivity contribution in [2.45, 2.75) is 75.9 Å². The molecule has 6 nitrogen and oxygen atoms in total. The van der Waals surface area contributed by atoms with Gasteiger partial charge in [-0.05, 0) is 51.5 Å². The Balaban J connectivity index is 1.37. The molecule has 2 N–H and O–H groups in total. The number of fused-ring (bicyclic) bond motifs is 2. The zero-order valence-corrected chi connectivity index (χ0v) is 15.2. The second-order valence-corrected chi connectivity index (χ2v) is 8.34. The Kier molecular flexibility index (Phi) is 5.15. The predicted molar refractivity (Wildman–Crippen MR) is 96.2 cm³/mol. The third-order valence-electron chi connectivity index (χ3n) is 6.65. The fourth-order valence-electron chi connectivity index (χ4n) is 5.25. The molecule has 3 saturated heterocycles. The summed E-state index contributed by atoms with van der Waals surface area (Å²) >= 11 is 0. The highest BCUT2D eigenvalue weighted by Gasteiger charge is 2.41. The van der Waals surface area contributed by atoms with Crippen molar-refractivity contribution in [1.82, 2.24) is 20.4 Å². The molecule has 3 atom stereocenters. The summed E-state index contributed by atoms with van der Waals surface area (Å²) in [5.41, 5.74) is 0. The lowest BCUT2D eigenvalue weighted by Gasteiger charge is -2.37. The van der Waals surface area contributed by atoms with Crippen LogP contribution >= 0.6 is 0 Å². The Labute approximate surface area is 150 Å². The maximum atomic E-state index is 13.2. The van der Waals surface area contributed by atoms with Crippen LogP contribution in [-0.2, 0) is 4.79 Å². The average molecular weight is 348 g/mol. The molecule has 4 rings (SSSR count). The number of carbonyl (C=O) groups is 2. The van der Waals surface area contributed by atoms with E-state index in [0.29, 0.717) is 30.6 Å². The minimum Gasteiger partial charge on any atom is -0.335 e. The molecular weight excluding hydrogens is 316 g/mol. The van der Waals surface area contributed by atoms with Gasteiger partial charge in [-0.15, -0.1) is 0 Å². The Morgan fingerprint density at radius 3 is 2.56 bits per heavy atom. The van der Waals surface area contributed by atoms with Gasteiger partial charge in [0.2, 0.25) is 5.91 Å². The van der Waals surface area contributed by atoms with E-state index in [4.69, 9.17) is 0 Å². The van der Waals surface area contributed by atoms with Crippen LogP contribution in [-0.4, -0.2) is 66.0 Å². The number of piperidine rings is 1. The third-order valence-corrected chi connectivity index (χ3v) is 6.65. The van der Waals surface area contributed by atoms with Gasteiger partial charge in [0.15, 0.2) is 0 Å². The highest BCUT2D eigenvalue weighted by Crippen LogP contribution is 2.31. The molecule has 3 heterocycles. The number of urea groups is 1. The lowest BCUT2D eigenvalue weighted by molar-refractivity contribution is -0.139. The molecule has 2 bridgehead atoms. The number of nitrogens with zero attached hydrogens (tertiary/aromatic N) is 2. The molecule has 140 valence electrons. The molecule has 3 amide bonds. The van der Waals surface area contributed by atoms with Crippen molar-refractivity contribution in [1.29, 1.82) is 0 Å². The SMILES string of the molecule is O=C(NC1CCCC1)N1CCCC(C(=O)N2C3CCNCC2CC3)C1. The molecule has 4 aliphatic rings. The molecule has 0 aromatic heterocycles. The average Bonchev–Trinajstić information content (AvgIpc) is 3.21. The third kappa shape index (κ3) is 3.64. The highest BCUT2D eigenvalue weighted by molar-refractivity contribution is 5.82. The quantitative estimate of drug-likeness (QED) is 0.798. The molecule has 3 aliphatic heterocycles. The Bertz CT molecular complexity index is 492. The van der Waals surface area contributed by atoms with Crippen molar-refractivity contribution in [3.63, 3.8) is 0 Å². The second kappa shape index (κ2) is 7.52. The Morgan fingerprint density at radius 1 is 0.920 bits per heavy atom. The second-order valence-electron chi connectivity index (χ2n) is 8.34. The van der Waals surface area contributed by atoms with E-state index >= 15 is 0 Å². The number of hydrogen-bond acceptors (Lipinski definition) is 3. The van der Waals surface area contributed by atoms with Gasteiger partial charge in [-0.3, -0.25) is 4.79 Å². The van der Waals surface area contributed by atoms with Crippen molar-refractivity contribution in [2.75, 3.05) is 26.2 Å². The first-order valence-corrected chi connectivity index (χ1v) is 10.3. The molecule has 1 aliphatic carbocycles. The van der Waals surface area contributed by atoms with Gasteiger partial charge in [0, 0.05) is 37.8 Å². The summed E-state index contributed by atoms with van der Waals surface area (Å²) in [4.78, 5) is 29.9. The summed E-state index contributed by atoms with van der Waals surface area (Å²) in [6, 6.07) is 1.17. The van der Waals surface area contributed by atoms with Crippen LogP contribution in [0.25, 0.3) is 0 Å². The molecule has 0 spiro atoms. The zero-order chi connectivity index (χ0) is 17.2. The minimum atomic E-state index is -0.00993. The van der Waals surface area contributed by atoms with Gasteiger partial charge in [0.1, 0.15) is 0 Å². The first-order chi connectivity index (χ1) is 12.2. The number of rotatable bonds is 2. The number of hydrogen-bond donors (Lipinski definition) is 2. The standard InChI is InChI=1S/C19H32N4O2/c24-18(23-16-7-8-17(23)12-20-10-9-16)14-4-3-11-22(13-14)19(25)21-15-5-1-2-6-15/h14-17,20H,1-13H2,(H,21,25). The molecule has 0 aromatic rings. The summed E-state index contributed by atoms with van der Waals surface area (Å²) in [5, 5.41) is 6.64. The number of amides is 3. The molecule has 0 aromatic carbocycles. The first-order valence-electron chi connectivity index (χ1n) is 10.3. The van der Waals surface area contributed by atoms with E-state index < -0.39 is 0 Å². The summed E-state index contributed by atoms with van der Waals surface area (Å²) in [7, 11) is 0. The number of likely N-dealkylation sites (tertiary alicyclic amines) is 1. The monoisotopic (exact) mass is 348 g/mol. The molecule has 4 fully saturated rings. The van der Waals surface area contributed by atoms with E-state index in [9.17, 15) is 9.59 Å². The van der Waals surface area contributed by atoms with E-state index in [-0.39, 0.29) is 11.9 Å². The van der Waals surface area contributed by atoms with Gasteiger partial charge >= 0.3 is 6.03 Å². The predicted octanol–water partition coefficient (Wildman–Crippen LogP) is 1.70. The van der Waals surface area contributed by atoms with Gasteiger partial charge in [0.05, 0.1) is 5.92 Å². The molecular formula is C19H32N4O2. The number of carbonyl (C=O) groups excluding carboxylic acids is 2. The lowest BCUT2D eigenvalue weighted by Crippen LogP contribution is -2.53. The molecule has 25 heavy (non-hydrogen) atoms. The van der Waals surface area contributed by atoms with Gasteiger partial charge in [-0.1, -0.05) is 12.8 Å².